The lowest BCUT2D eigenvalue weighted by atomic mass is 9.66. The molecule has 1 heterocycles. The fourth-order valence-electron chi connectivity index (χ4n) is 4.45. The van der Waals surface area contributed by atoms with E-state index in [1.54, 1.807) is 0 Å². The van der Waals surface area contributed by atoms with E-state index >= 15 is 0 Å². The average Bonchev–Trinajstić information content (AvgIpc) is 2.59. The first kappa shape index (κ1) is 17.0. The highest BCUT2D eigenvalue weighted by atomic mass is 16.5. The molecule has 1 saturated carbocycles. The van der Waals surface area contributed by atoms with Crippen LogP contribution < -0.4 is 0 Å². The van der Waals surface area contributed by atoms with E-state index < -0.39 is 5.41 Å². The molecule has 1 aliphatic carbocycles. The van der Waals surface area contributed by atoms with Gasteiger partial charge in [-0.1, -0.05) is 36.8 Å². The van der Waals surface area contributed by atoms with Crippen LogP contribution >= 0.6 is 0 Å². The number of carbonyl (C=O) groups is 2. The van der Waals surface area contributed by atoms with Gasteiger partial charge in [0.25, 0.3) is 0 Å². The zero-order chi connectivity index (χ0) is 17.2. The van der Waals surface area contributed by atoms with Crippen molar-refractivity contribution in [2.75, 3.05) is 6.54 Å². The number of benzene rings is 1. The summed E-state index contributed by atoms with van der Waals surface area (Å²) in [5, 5.41) is 0. The van der Waals surface area contributed by atoms with Crippen LogP contribution in [0.4, 0.5) is 0 Å². The Labute approximate surface area is 144 Å². The van der Waals surface area contributed by atoms with E-state index in [9.17, 15) is 9.59 Å². The van der Waals surface area contributed by atoms with E-state index in [2.05, 4.69) is 19.1 Å². The Bertz CT molecular complexity index is 596. The van der Waals surface area contributed by atoms with Crippen LogP contribution in [0.1, 0.15) is 64.0 Å². The van der Waals surface area contributed by atoms with E-state index in [0.717, 1.165) is 50.6 Å². The number of carbonyl (C=O) groups excluding carboxylic acids is 2. The molecule has 2 fully saturated rings. The van der Waals surface area contributed by atoms with Crippen molar-refractivity contribution in [1.82, 2.24) is 4.90 Å². The Hall–Kier alpha value is -1.84. The van der Waals surface area contributed by atoms with E-state index in [0.29, 0.717) is 0 Å². The number of nitrogens with zero attached hydrogens (tertiary/aromatic N) is 1. The van der Waals surface area contributed by atoms with Crippen LogP contribution in [-0.4, -0.2) is 29.4 Å². The van der Waals surface area contributed by atoms with Crippen LogP contribution in [0.5, 0.6) is 0 Å². The van der Waals surface area contributed by atoms with Crippen molar-refractivity contribution in [1.29, 1.82) is 0 Å². The SMILES string of the molecule is CC(=O)O[C@@H]1CCCC[C@]12CCCN([C@@H](C)c1ccccc1)C2=O. The molecule has 1 amide bonds. The molecule has 3 rings (SSSR count). The predicted molar refractivity (Wildman–Crippen MR) is 92.3 cm³/mol. The van der Waals surface area contributed by atoms with E-state index in [1.807, 2.05) is 23.1 Å². The molecule has 24 heavy (non-hydrogen) atoms. The molecule has 0 radical (unpaired) electrons. The first-order valence-corrected chi connectivity index (χ1v) is 9.08. The average molecular weight is 329 g/mol. The van der Waals surface area contributed by atoms with Gasteiger partial charge in [-0.25, -0.2) is 0 Å². The van der Waals surface area contributed by atoms with Crippen LogP contribution in [0.15, 0.2) is 30.3 Å². The van der Waals surface area contributed by atoms with Gasteiger partial charge in [-0.3, -0.25) is 9.59 Å². The number of hydrogen-bond acceptors (Lipinski definition) is 3. The van der Waals surface area contributed by atoms with Crippen molar-refractivity contribution in [2.24, 2.45) is 5.41 Å². The summed E-state index contributed by atoms with van der Waals surface area (Å²) in [6.45, 7) is 4.32. The van der Waals surface area contributed by atoms with Crippen LogP contribution in [0.25, 0.3) is 0 Å². The largest absolute Gasteiger partial charge is 0.461 e. The highest BCUT2D eigenvalue weighted by Gasteiger charge is 2.52. The molecule has 1 saturated heterocycles. The molecule has 1 aliphatic heterocycles. The molecular weight excluding hydrogens is 302 g/mol. The third-order valence-electron chi connectivity index (χ3n) is 5.72. The number of esters is 1. The lowest BCUT2D eigenvalue weighted by Crippen LogP contribution is -2.56. The van der Waals surface area contributed by atoms with E-state index in [-0.39, 0.29) is 24.0 Å². The van der Waals surface area contributed by atoms with Gasteiger partial charge in [-0.05, 0) is 44.6 Å². The summed E-state index contributed by atoms with van der Waals surface area (Å²) in [5.41, 5.74) is 0.647. The maximum absolute atomic E-state index is 13.4. The normalized spacial score (nSPS) is 28.7. The van der Waals surface area contributed by atoms with Gasteiger partial charge in [-0.2, -0.15) is 0 Å². The number of amides is 1. The lowest BCUT2D eigenvalue weighted by Gasteiger charge is -2.49. The first-order valence-electron chi connectivity index (χ1n) is 9.08. The van der Waals surface area contributed by atoms with Crippen LogP contribution in [0.2, 0.25) is 0 Å². The van der Waals surface area contributed by atoms with Crippen LogP contribution in [-0.2, 0) is 14.3 Å². The summed E-state index contributed by atoms with van der Waals surface area (Å²) in [5.74, 6) is -0.0987. The number of rotatable bonds is 3. The molecule has 0 unspecified atom stereocenters. The van der Waals surface area contributed by atoms with Gasteiger partial charge >= 0.3 is 5.97 Å². The second-order valence-electron chi connectivity index (χ2n) is 7.19. The lowest BCUT2D eigenvalue weighted by molar-refractivity contribution is -0.174. The molecule has 4 nitrogen and oxygen atoms in total. The highest BCUT2D eigenvalue weighted by Crippen LogP contribution is 2.47. The highest BCUT2D eigenvalue weighted by molar-refractivity contribution is 5.85. The van der Waals surface area contributed by atoms with Gasteiger partial charge in [0.05, 0.1) is 11.5 Å². The zero-order valence-corrected chi connectivity index (χ0v) is 14.7. The summed E-state index contributed by atoms with van der Waals surface area (Å²) < 4.78 is 5.60. The maximum Gasteiger partial charge on any atom is 0.302 e. The Morgan fingerprint density at radius 1 is 1.21 bits per heavy atom. The first-order chi connectivity index (χ1) is 11.5. The van der Waals surface area contributed by atoms with Gasteiger partial charge < -0.3 is 9.64 Å². The Kier molecular flexibility index (Phi) is 4.93. The van der Waals surface area contributed by atoms with Gasteiger partial charge in [-0.15, -0.1) is 0 Å². The second kappa shape index (κ2) is 6.96. The monoisotopic (exact) mass is 329 g/mol. The maximum atomic E-state index is 13.4. The Balaban J connectivity index is 1.86. The van der Waals surface area contributed by atoms with Gasteiger partial charge in [0, 0.05) is 13.5 Å². The van der Waals surface area contributed by atoms with Crippen molar-refractivity contribution in [2.45, 2.75) is 64.5 Å². The fourth-order valence-corrected chi connectivity index (χ4v) is 4.45. The second-order valence-corrected chi connectivity index (χ2v) is 7.19. The minimum absolute atomic E-state index is 0.0516. The summed E-state index contributed by atoms with van der Waals surface area (Å²) in [6.07, 6.45) is 5.25. The minimum atomic E-state index is -0.509. The summed E-state index contributed by atoms with van der Waals surface area (Å²) in [7, 11) is 0. The standard InChI is InChI=1S/C20H27NO3/c1-15(17-9-4-3-5-10-17)21-14-8-13-20(19(21)23)12-7-6-11-18(20)24-16(2)22/h3-5,9-10,15,18H,6-8,11-14H2,1-2H3/t15-,18+,20-/m0/s1. The van der Waals surface area contributed by atoms with Crippen molar-refractivity contribution in [3.63, 3.8) is 0 Å². The molecule has 1 aromatic rings. The van der Waals surface area contributed by atoms with Gasteiger partial charge in [0.15, 0.2) is 0 Å². The number of piperidine rings is 1. The summed E-state index contributed by atoms with van der Waals surface area (Å²) in [6, 6.07) is 10.2. The fraction of sp³-hybridized carbons (Fsp3) is 0.600. The Morgan fingerprint density at radius 3 is 2.62 bits per heavy atom. The van der Waals surface area contributed by atoms with Gasteiger partial charge in [0.1, 0.15) is 6.10 Å². The molecule has 1 aromatic carbocycles. The van der Waals surface area contributed by atoms with Gasteiger partial charge in [0.2, 0.25) is 5.91 Å². The molecule has 4 heteroatoms. The molecule has 0 N–H and O–H groups in total. The minimum Gasteiger partial charge on any atom is -0.461 e. The number of hydrogen-bond donors (Lipinski definition) is 0. The molecule has 1 spiro atoms. The molecule has 130 valence electrons. The van der Waals surface area contributed by atoms with Crippen LogP contribution in [0, 0.1) is 5.41 Å². The smallest absolute Gasteiger partial charge is 0.302 e. The Morgan fingerprint density at radius 2 is 1.92 bits per heavy atom. The zero-order valence-electron chi connectivity index (χ0n) is 14.7. The van der Waals surface area contributed by atoms with Crippen molar-refractivity contribution < 1.29 is 14.3 Å². The van der Waals surface area contributed by atoms with E-state index in [1.165, 1.54) is 6.92 Å². The van der Waals surface area contributed by atoms with Crippen molar-refractivity contribution >= 4 is 11.9 Å². The molecule has 3 atom stereocenters. The van der Waals surface area contributed by atoms with Crippen LogP contribution in [0.3, 0.4) is 0 Å². The molecule has 0 aromatic heterocycles. The van der Waals surface area contributed by atoms with E-state index in [4.69, 9.17) is 4.74 Å². The third-order valence-corrected chi connectivity index (χ3v) is 5.72. The topological polar surface area (TPSA) is 46.6 Å². The molecular formula is C20H27NO3. The summed E-state index contributed by atoms with van der Waals surface area (Å²) >= 11 is 0. The number of likely N-dealkylation sites (tertiary alicyclic amines) is 1. The third kappa shape index (κ3) is 3.06. The van der Waals surface area contributed by atoms with Crippen molar-refractivity contribution in [3.8, 4) is 0 Å². The molecule has 2 aliphatic rings. The quantitative estimate of drug-likeness (QED) is 0.791. The molecule has 0 bridgehead atoms. The summed E-state index contributed by atoms with van der Waals surface area (Å²) in [4.78, 5) is 27.0. The number of ether oxygens (including phenoxy) is 1. The van der Waals surface area contributed by atoms with Crippen molar-refractivity contribution in [3.05, 3.63) is 35.9 Å². The predicted octanol–water partition coefficient (Wildman–Crippen LogP) is 3.86.